The zero-order valence-corrected chi connectivity index (χ0v) is 12.1. The molecule has 5 heteroatoms. The summed E-state index contributed by atoms with van der Waals surface area (Å²) in [6.07, 6.45) is 0.983. The van der Waals surface area contributed by atoms with Gasteiger partial charge in [-0.3, -0.25) is 0 Å². The number of rotatable bonds is 4. The Morgan fingerprint density at radius 1 is 1.39 bits per heavy atom. The standard InChI is InChI=1S/C13H23N3O2/c1-9(2)11-10(12(17)18-6)14-15-16(11)8-7-13(3,4)5/h9H,7-8H2,1-6H3. The molecule has 0 N–H and O–H groups in total. The topological polar surface area (TPSA) is 57.0 Å². The van der Waals surface area contributed by atoms with Gasteiger partial charge in [0.15, 0.2) is 5.69 Å². The van der Waals surface area contributed by atoms with Crippen molar-refractivity contribution >= 4 is 5.97 Å². The molecule has 0 saturated heterocycles. The van der Waals surface area contributed by atoms with E-state index in [0.29, 0.717) is 5.69 Å². The van der Waals surface area contributed by atoms with Gasteiger partial charge in [0, 0.05) is 6.54 Å². The Morgan fingerprint density at radius 3 is 2.44 bits per heavy atom. The number of carbonyl (C=O) groups excluding carboxylic acids is 1. The molecule has 0 spiro atoms. The Hall–Kier alpha value is -1.39. The lowest BCUT2D eigenvalue weighted by Crippen LogP contribution is -2.15. The third-order valence-electron chi connectivity index (χ3n) is 2.77. The number of methoxy groups -OCH3 is 1. The third kappa shape index (κ3) is 3.55. The molecule has 0 unspecified atom stereocenters. The number of aromatic nitrogens is 3. The molecule has 1 aromatic rings. The van der Waals surface area contributed by atoms with Crippen molar-refractivity contribution in [1.82, 2.24) is 15.0 Å². The lowest BCUT2D eigenvalue weighted by molar-refractivity contribution is 0.0592. The second-order valence-electron chi connectivity index (χ2n) is 6.00. The highest BCUT2D eigenvalue weighted by Gasteiger charge is 2.23. The Balaban J connectivity index is 2.99. The predicted octanol–water partition coefficient (Wildman–Crippen LogP) is 2.62. The molecule has 1 aromatic heterocycles. The monoisotopic (exact) mass is 253 g/mol. The first-order valence-corrected chi connectivity index (χ1v) is 6.28. The molecule has 5 nitrogen and oxygen atoms in total. The van der Waals surface area contributed by atoms with Crippen molar-refractivity contribution in [3.63, 3.8) is 0 Å². The van der Waals surface area contributed by atoms with Crippen LogP contribution in [0.1, 0.15) is 63.1 Å². The highest BCUT2D eigenvalue weighted by atomic mass is 16.5. The Morgan fingerprint density at radius 2 is 2.00 bits per heavy atom. The molecular weight excluding hydrogens is 230 g/mol. The van der Waals surface area contributed by atoms with Crippen LogP contribution in [0.25, 0.3) is 0 Å². The number of hydrogen-bond donors (Lipinski definition) is 0. The summed E-state index contributed by atoms with van der Waals surface area (Å²) in [4.78, 5) is 11.6. The molecule has 18 heavy (non-hydrogen) atoms. The fourth-order valence-electron chi connectivity index (χ4n) is 1.74. The van der Waals surface area contributed by atoms with Crippen LogP contribution in [0.4, 0.5) is 0 Å². The van der Waals surface area contributed by atoms with E-state index in [-0.39, 0.29) is 11.3 Å². The van der Waals surface area contributed by atoms with Gasteiger partial charge < -0.3 is 4.74 Å². The van der Waals surface area contributed by atoms with E-state index in [0.717, 1.165) is 18.7 Å². The second-order valence-corrected chi connectivity index (χ2v) is 6.00. The van der Waals surface area contributed by atoms with Gasteiger partial charge in [-0.25, -0.2) is 9.48 Å². The molecule has 0 saturated carbocycles. The first-order chi connectivity index (χ1) is 8.26. The maximum atomic E-state index is 11.6. The number of esters is 1. The van der Waals surface area contributed by atoms with E-state index in [4.69, 9.17) is 4.74 Å². The smallest absolute Gasteiger partial charge is 0.360 e. The molecule has 0 bridgehead atoms. The van der Waals surface area contributed by atoms with Gasteiger partial charge >= 0.3 is 5.97 Å². The molecular formula is C13H23N3O2. The zero-order valence-electron chi connectivity index (χ0n) is 12.1. The van der Waals surface area contributed by atoms with Gasteiger partial charge in [0.2, 0.25) is 0 Å². The summed E-state index contributed by atoms with van der Waals surface area (Å²) in [6.45, 7) is 11.4. The summed E-state index contributed by atoms with van der Waals surface area (Å²) in [5.41, 5.74) is 1.42. The van der Waals surface area contributed by atoms with Crippen LogP contribution in [0.15, 0.2) is 0 Å². The highest BCUT2D eigenvalue weighted by Crippen LogP contribution is 2.23. The van der Waals surface area contributed by atoms with E-state index in [9.17, 15) is 4.79 Å². The van der Waals surface area contributed by atoms with Crippen LogP contribution in [0.5, 0.6) is 0 Å². The van der Waals surface area contributed by atoms with E-state index in [1.54, 1.807) is 0 Å². The molecule has 0 aliphatic heterocycles. The van der Waals surface area contributed by atoms with Crippen LogP contribution in [-0.4, -0.2) is 28.1 Å². The molecule has 0 aliphatic rings. The summed E-state index contributed by atoms with van der Waals surface area (Å²) in [7, 11) is 1.36. The molecule has 0 aliphatic carbocycles. The van der Waals surface area contributed by atoms with Crippen molar-refractivity contribution < 1.29 is 9.53 Å². The molecule has 1 heterocycles. The fourth-order valence-corrected chi connectivity index (χ4v) is 1.74. The van der Waals surface area contributed by atoms with Crippen LogP contribution in [0, 0.1) is 5.41 Å². The van der Waals surface area contributed by atoms with E-state index < -0.39 is 5.97 Å². The average molecular weight is 253 g/mol. The first-order valence-electron chi connectivity index (χ1n) is 6.28. The molecule has 0 fully saturated rings. The lowest BCUT2D eigenvalue weighted by Gasteiger charge is -2.19. The Labute approximate surface area is 109 Å². The van der Waals surface area contributed by atoms with Gasteiger partial charge in [0.05, 0.1) is 12.8 Å². The Bertz CT molecular complexity index is 416. The van der Waals surface area contributed by atoms with Crippen LogP contribution in [0.3, 0.4) is 0 Å². The third-order valence-corrected chi connectivity index (χ3v) is 2.77. The van der Waals surface area contributed by atoms with Crippen molar-refractivity contribution in [2.75, 3.05) is 7.11 Å². The number of nitrogens with zero attached hydrogens (tertiary/aromatic N) is 3. The van der Waals surface area contributed by atoms with E-state index in [1.165, 1.54) is 7.11 Å². The predicted molar refractivity (Wildman–Crippen MR) is 69.5 cm³/mol. The largest absolute Gasteiger partial charge is 0.464 e. The first kappa shape index (κ1) is 14.7. The summed E-state index contributed by atoms with van der Waals surface area (Å²) < 4.78 is 6.55. The van der Waals surface area contributed by atoms with Crippen LogP contribution in [0.2, 0.25) is 0 Å². The minimum atomic E-state index is -0.416. The Kier molecular flexibility index (Phi) is 4.48. The summed E-state index contributed by atoms with van der Waals surface area (Å²) in [5, 5.41) is 8.02. The minimum absolute atomic E-state index is 0.189. The van der Waals surface area contributed by atoms with E-state index in [1.807, 2.05) is 18.5 Å². The van der Waals surface area contributed by atoms with Gasteiger partial charge in [0.1, 0.15) is 0 Å². The van der Waals surface area contributed by atoms with Crippen LogP contribution < -0.4 is 0 Å². The summed E-state index contributed by atoms with van der Waals surface area (Å²) in [5.74, 6) is -0.227. The maximum absolute atomic E-state index is 11.6. The fraction of sp³-hybridized carbons (Fsp3) is 0.769. The zero-order chi connectivity index (χ0) is 13.9. The van der Waals surface area contributed by atoms with E-state index in [2.05, 4.69) is 31.1 Å². The van der Waals surface area contributed by atoms with Crippen LogP contribution >= 0.6 is 0 Å². The molecule has 1 rings (SSSR count). The molecule has 102 valence electrons. The van der Waals surface area contributed by atoms with Gasteiger partial charge in [-0.1, -0.05) is 39.8 Å². The normalized spacial score (nSPS) is 11.9. The summed E-state index contributed by atoms with van der Waals surface area (Å²) >= 11 is 0. The van der Waals surface area contributed by atoms with Crippen LogP contribution in [-0.2, 0) is 11.3 Å². The quantitative estimate of drug-likeness (QED) is 0.774. The number of ether oxygens (including phenoxy) is 1. The molecule has 0 aromatic carbocycles. The van der Waals surface area contributed by atoms with Crippen molar-refractivity contribution in [3.05, 3.63) is 11.4 Å². The number of aryl methyl sites for hydroxylation is 1. The summed E-state index contributed by atoms with van der Waals surface area (Å²) in [6, 6.07) is 0. The highest BCUT2D eigenvalue weighted by molar-refractivity contribution is 5.88. The van der Waals surface area contributed by atoms with Crippen molar-refractivity contribution in [2.45, 2.75) is 53.5 Å². The second kappa shape index (κ2) is 5.50. The van der Waals surface area contributed by atoms with Gasteiger partial charge in [0.25, 0.3) is 0 Å². The number of hydrogen-bond acceptors (Lipinski definition) is 4. The van der Waals surface area contributed by atoms with Crippen molar-refractivity contribution in [1.29, 1.82) is 0 Å². The van der Waals surface area contributed by atoms with E-state index >= 15 is 0 Å². The SMILES string of the molecule is COC(=O)c1nnn(CCC(C)(C)C)c1C(C)C. The van der Waals surface area contributed by atoms with Gasteiger partial charge in [-0.05, 0) is 17.8 Å². The lowest BCUT2D eigenvalue weighted by atomic mass is 9.92. The molecule has 0 amide bonds. The number of carbonyl (C=O) groups is 1. The average Bonchev–Trinajstić information content (AvgIpc) is 2.68. The van der Waals surface area contributed by atoms with Crippen molar-refractivity contribution in [2.24, 2.45) is 5.41 Å². The molecule has 0 radical (unpaired) electrons. The van der Waals surface area contributed by atoms with Gasteiger partial charge in [-0.2, -0.15) is 0 Å². The van der Waals surface area contributed by atoms with Gasteiger partial charge in [-0.15, -0.1) is 5.10 Å². The minimum Gasteiger partial charge on any atom is -0.464 e. The molecule has 0 atom stereocenters. The van der Waals surface area contributed by atoms with Crippen molar-refractivity contribution in [3.8, 4) is 0 Å². The maximum Gasteiger partial charge on any atom is 0.360 e.